The van der Waals surface area contributed by atoms with Gasteiger partial charge in [0.15, 0.2) is 5.69 Å². The van der Waals surface area contributed by atoms with Crippen LogP contribution >= 0.6 is 0 Å². The second kappa shape index (κ2) is 4.60. The number of carbonyl (C=O) groups is 1. The molecule has 0 aliphatic carbocycles. The number of para-hydroxylation sites is 1. The van der Waals surface area contributed by atoms with Crippen molar-refractivity contribution in [2.45, 2.75) is 19.8 Å². The maximum atomic E-state index is 13.7. The van der Waals surface area contributed by atoms with Crippen LogP contribution in [0.2, 0.25) is 0 Å². The van der Waals surface area contributed by atoms with Gasteiger partial charge in [-0.3, -0.25) is 0 Å². The minimum Gasteiger partial charge on any atom is -0.476 e. The van der Waals surface area contributed by atoms with E-state index in [1.54, 1.807) is 18.2 Å². The zero-order valence-electron chi connectivity index (χ0n) is 10.1. The number of benzene rings is 1. The third-order valence-corrected chi connectivity index (χ3v) is 2.63. The van der Waals surface area contributed by atoms with Crippen LogP contribution in [0.15, 0.2) is 30.3 Å². The number of carboxylic acids is 1. The molecule has 0 bridgehead atoms. The van der Waals surface area contributed by atoms with Crippen molar-refractivity contribution in [3.63, 3.8) is 0 Å². The van der Waals surface area contributed by atoms with Gasteiger partial charge in [0.2, 0.25) is 0 Å². The van der Waals surface area contributed by atoms with Crippen molar-refractivity contribution in [1.29, 1.82) is 0 Å². The van der Waals surface area contributed by atoms with Crippen LogP contribution in [-0.4, -0.2) is 20.9 Å². The second-order valence-corrected chi connectivity index (χ2v) is 4.28. The monoisotopic (exact) mass is 248 g/mol. The van der Waals surface area contributed by atoms with Crippen molar-refractivity contribution in [1.82, 2.24) is 9.78 Å². The highest BCUT2D eigenvalue weighted by Gasteiger charge is 2.18. The molecule has 94 valence electrons. The molecule has 2 rings (SSSR count). The SMILES string of the molecule is CC(C)c1cc(C(=O)O)nn1-c1ccccc1F. The molecule has 1 aromatic heterocycles. The Labute approximate surface area is 104 Å². The molecule has 0 atom stereocenters. The van der Waals surface area contributed by atoms with Gasteiger partial charge in [0.1, 0.15) is 11.5 Å². The largest absolute Gasteiger partial charge is 0.476 e. The van der Waals surface area contributed by atoms with E-state index in [1.165, 1.54) is 16.8 Å². The Kier molecular flexibility index (Phi) is 3.14. The summed E-state index contributed by atoms with van der Waals surface area (Å²) in [5.74, 6) is -1.50. The summed E-state index contributed by atoms with van der Waals surface area (Å²) in [6.45, 7) is 3.81. The van der Waals surface area contributed by atoms with Crippen LogP contribution in [0.1, 0.15) is 35.9 Å². The van der Waals surface area contributed by atoms with Gasteiger partial charge >= 0.3 is 5.97 Å². The van der Waals surface area contributed by atoms with Gasteiger partial charge in [-0.2, -0.15) is 5.10 Å². The molecule has 0 aliphatic rings. The van der Waals surface area contributed by atoms with E-state index >= 15 is 0 Å². The zero-order valence-corrected chi connectivity index (χ0v) is 10.1. The van der Waals surface area contributed by atoms with E-state index in [2.05, 4.69) is 5.10 Å². The van der Waals surface area contributed by atoms with Crippen LogP contribution in [0.3, 0.4) is 0 Å². The Morgan fingerprint density at radius 3 is 2.61 bits per heavy atom. The van der Waals surface area contributed by atoms with Crippen LogP contribution < -0.4 is 0 Å². The van der Waals surface area contributed by atoms with E-state index in [0.29, 0.717) is 5.69 Å². The lowest BCUT2D eigenvalue weighted by Crippen LogP contribution is -2.06. The zero-order chi connectivity index (χ0) is 13.3. The van der Waals surface area contributed by atoms with Gasteiger partial charge < -0.3 is 5.11 Å². The van der Waals surface area contributed by atoms with Gasteiger partial charge in [-0.1, -0.05) is 26.0 Å². The van der Waals surface area contributed by atoms with Crippen LogP contribution in [0.4, 0.5) is 4.39 Å². The summed E-state index contributed by atoms with van der Waals surface area (Å²) in [6.07, 6.45) is 0. The number of hydrogen-bond donors (Lipinski definition) is 1. The van der Waals surface area contributed by atoms with Crippen molar-refractivity contribution < 1.29 is 14.3 Å². The smallest absolute Gasteiger partial charge is 0.356 e. The molecule has 0 unspecified atom stereocenters. The van der Waals surface area contributed by atoms with Gasteiger partial charge in [-0.25, -0.2) is 13.9 Å². The molecule has 0 spiro atoms. The van der Waals surface area contributed by atoms with Crippen LogP contribution in [0.25, 0.3) is 5.69 Å². The molecule has 1 N–H and O–H groups in total. The number of aromatic carboxylic acids is 1. The lowest BCUT2D eigenvalue weighted by Gasteiger charge is -2.10. The van der Waals surface area contributed by atoms with E-state index in [-0.39, 0.29) is 17.3 Å². The molecule has 0 aliphatic heterocycles. The van der Waals surface area contributed by atoms with Crippen LogP contribution in [0.5, 0.6) is 0 Å². The highest BCUT2D eigenvalue weighted by atomic mass is 19.1. The van der Waals surface area contributed by atoms with Crippen molar-refractivity contribution in [3.8, 4) is 5.69 Å². The first-order valence-electron chi connectivity index (χ1n) is 5.59. The summed E-state index contributed by atoms with van der Waals surface area (Å²) in [5, 5.41) is 12.9. The van der Waals surface area contributed by atoms with Gasteiger partial charge in [0.05, 0.1) is 0 Å². The highest BCUT2D eigenvalue weighted by Crippen LogP contribution is 2.22. The average Bonchev–Trinajstić information content (AvgIpc) is 2.74. The molecular weight excluding hydrogens is 235 g/mol. The average molecular weight is 248 g/mol. The Hall–Kier alpha value is -2.17. The van der Waals surface area contributed by atoms with E-state index in [0.717, 1.165) is 0 Å². The topological polar surface area (TPSA) is 55.1 Å². The molecule has 0 fully saturated rings. The third-order valence-electron chi connectivity index (χ3n) is 2.63. The molecule has 4 nitrogen and oxygen atoms in total. The summed E-state index contributed by atoms with van der Waals surface area (Å²) in [7, 11) is 0. The number of halogens is 1. The summed E-state index contributed by atoms with van der Waals surface area (Å²) in [5.41, 5.74) is 0.841. The molecule has 18 heavy (non-hydrogen) atoms. The fourth-order valence-electron chi connectivity index (χ4n) is 1.73. The second-order valence-electron chi connectivity index (χ2n) is 4.28. The summed E-state index contributed by atoms with van der Waals surface area (Å²) in [6, 6.07) is 7.63. The molecule has 2 aromatic rings. The molecule has 0 saturated carbocycles. The van der Waals surface area contributed by atoms with Crippen LogP contribution in [0, 0.1) is 5.82 Å². The van der Waals surface area contributed by atoms with E-state index in [1.807, 2.05) is 13.8 Å². The first kappa shape index (κ1) is 12.3. The predicted octanol–water partition coefficient (Wildman–Crippen LogP) is 2.83. The van der Waals surface area contributed by atoms with Crippen molar-refractivity contribution in [3.05, 3.63) is 47.5 Å². The summed E-state index contributed by atoms with van der Waals surface area (Å²) in [4.78, 5) is 10.9. The number of aromatic nitrogens is 2. The maximum absolute atomic E-state index is 13.7. The van der Waals surface area contributed by atoms with Crippen molar-refractivity contribution >= 4 is 5.97 Å². The number of hydrogen-bond acceptors (Lipinski definition) is 2. The first-order chi connectivity index (χ1) is 8.50. The summed E-state index contributed by atoms with van der Waals surface area (Å²) < 4.78 is 15.1. The lowest BCUT2D eigenvalue weighted by molar-refractivity contribution is 0.0690. The molecule has 1 heterocycles. The number of carboxylic acid groups (broad SMARTS) is 1. The number of nitrogens with zero attached hydrogens (tertiary/aromatic N) is 2. The fraction of sp³-hybridized carbons (Fsp3) is 0.231. The van der Waals surface area contributed by atoms with E-state index < -0.39 is 11.8 Å². The minimum atomic E-state index is -1.12. The Morgan fingerprint density at radius 2 is 2.06 bits per heavy atom. The predicted molar refractivity (Wildman–Crippen MR) is 64.6 cm³/mol. The maximum Gasteiger partial charge on any atom is 0.356 e. The van der Waals surface area contributed by atoms with Crippen molar-refractivity contribution in [2.75, 3.05) is 0 Å². The van der Waals surface area contributed by atoms with Gasteiger partial charge in [0, 0.05) is 5.69 Å². The van der Waals surface area contributed by atoms with Gasteiger partial charge in [-0.15, -0.1) is 0 Å². The minimum absolute atomic E-state index is 0.0465. The Morgan fingerprint density at radius 1 is 1.39 bits per heavy atom. The molecular formula is C13H13FN2O2. The Bertz CT molecular complexity index is 590. The molecule has 5 heteroatoms. The fourth-order valence-corrected chi connectivity index (χ4v) is 1.73. The quantitative estimate of drug-likeness (QED) is 0.908. The third kappa shape index (κ3) is 2.11. The summed E-state index contributed by atoms with van der Waals surface area (Å²) >= 11 is 0. The van der Waals surface area contributed by atoms with Crippen LogP contribution in [-0.2, 0) is 0 Å². The standard InChI is InChI=1S/C13H13FN2O2/c1-8(2)12-7-10(13(17)18)15-16(12)11-6-4-3-5-9(11)14/h3-8H,1-2H3,(H,17,18). The normalized spacial score (nSPS) is 10.9. The van der Waals surface area contributed by atoms with Crippen molar-refractivity contribution in [2.24, 2.45) is 0 Å². The highest BCUT2D eigenvalue weighted by molar-refractivity contribution is 5.85. The first-order valence-corrected chi connectivity index (χ1v) is 5.59. The molecule has 0 saturated heterocycles. The Balaban J connectivity index is 2.63. The molecule has 0 amide bonds. The van der Waals surface area contributed by atoms with Gasteiger partial charge in [-0.05, 0) is 24.1 Å². The molecule has 1 aromatic carbocycles. The molecule has 0 radical (unpaired) electrons. The lowest BCUT2D eigenvalue weighted by atomic mass is 10.1. The van der Waals surface area contributed by atoms with E-state index in [9.17, 15) is 9.18 Å². The van der Waals surface area contributed by atoms with Gasteiger partial charge in [0.25, 0.3) is 0 Å². The number of rotatable bonds is 3. The van der Waals surface area contributed by atoms with E-state index in [4.69, 9.17) is 5.11 Å².